The van der Waals surface area contributed by atoms with Crippen LogP contribution in [0.1, 0.15) is 5.56 Å². The average molecular weight is 362 g/mol. The standard InChI is InChI=1S/C21H16BrN/c22-19-11-12-20-18(13-19)14-21(17-9-5-2-6-10-17)23(20)15-16-7-3-1-4-8-16/h1-14H,15H2. The van der Waals surface area contributed by atoms with Crippen LogP contribution in [-0.4, -0.2) is 4.57 Å². The molecule has 0 radical (unpaired) electrons. The second-order valence-electron chi connectivity index (χ2n) is 5.67. The Hall–Kier alpha value is -2.32. The van der Waals surface area contributed by atoms with E-state index in [0.717, 1.165) is 11.0 Å². The molecule has 0 N–H and O–H groups in total. The van der Waals surface area contributed by atoms with Gasteiger partial charge in [-0.15, -0.1) is 0 Å². The summed E-state index contributed by atoms with van der Waals surface area (Å²) >= 11 is 3.58. The topological polar surface area (TPSA) is 4.93 Å². The molecule has 0 saturated carbocycles. The van der Waals surface area contributed by atoms with E-state index in [4.69, 9.17) is 0 Å². The van der Waals surface area contributed by atoms with Gasteiger partial charge in [0.15, 0.2) is 0 Å². The first kappa shape index (κ1) is 14.3. The molecule has 0 spiro atoms. The fourth-order valence-electron chi connectivity index (χ4n) is 3.03. The Morgan fingerprint density at radius 3 is 2.17 bits per heavy atom. The van der Waals surface area contributed by atoms with Crippen molar-refractivity contribution in [2.75, 3.05) is 0 Å². The fourth-order valence-corrected chi connectivity index (χ4v) is 3.40. The van der Waals surface area contributed by atoms with E-state index in [-0.39, 0.29) is 0 Å². The zero-order chi connectivity index (χ0) is 15.6. The average Bonchev–Trinajstić information content (AvgIpc) is 2.94. The highest BCUT2D eigenvalue weighted by Gasteiger charge is 2.11. The maximum atomic E-state index is 3.58. The molecule has 1 nitrogen and oxygen atoms in total. The fraction of sp³-hybridized carbons (Fsp3) is 0.0476. The lowest BCUT2D eigenvalue weighted by atomic mass is 10.1. The maximum absolute atomic E-state index is 3.58. The lowest BCUT2D eigenvalue weighted by Crippen LogP contribution is -2.01. The summed E-state index contributed by atoms with van der Waals surface area (Å²) in [4.78, 5) is 0. The molecule has 112 valence electrons. The molecular formula is C21H16BrN. The third-order valence-electron chi connectivity index (χ3n) is 4.12. The summed E-state index contributed by atoms with van der Waals surface area (Å²) in [5.74, 6) is 0. The maximum Gasteiger partial charge on any atom is 0.0494 e. The van der Waals surface area contributed by atoms with Gasteiger partial charge in [0.25, 0.3) is 0 Å². The van der Waals surface area contributed by atoms with Gasteiger partial charge < -0.3 is 4.57 Å². The monoisotopic (exact) mass is 361 g/mol. The van der Waals surface area contributed by atoms with Crippen LogP contribution in [0.2, 0.25) is 0 Å². The van der Waals surface area contributed by atoms with Crippen molar-refractivity contribution in [1.29, 1.82) is 0 Å². The van der Waals surface area contributed by atoms with Crippen molar-refractivity contribution in [3.63, 3.8) is 0 Å². The highest BCUT2D eigenvalue weighted by atomic mass is 79.9. The van der Waals surface area contributed by atoms with Gasteiger partial charge in [0.05, 0.1) is 0 Å². The SMILES string of the molecule is Brc1ccc2c(c1)cc(-c1ccccc1)n2Cc1ccccc1. The van der Waals surface area contributed by atoms with Crippen LogP contribution in [0.15, 0.2) is 89.4 Å². The molecule has 0 aliphatic heterocycles. The lowest BCUT2D eigenvalue weighted by Gasteiger charge is -2.11. The number of hydrogen-bond donors (Lipinski definition) is 0. The van der Waals surface area contributed by atoms with Crippen LogP contribution in [0.4, 0.5) is 0 Å². The second kappa shape index (κ2) is 6.05. The number of fused-ring (bicyclic) bond motifs is 1. The minimum Gasteiger partial charge on any atom is -0.336 e. The van der Waals surface area contributed by atoms with E-state index in [9.17, 15) is 0 Å². The van der Waals surface area contributed by atoms with Gasteiger partial charge in [-0.1, -0.05) is 76.6 Å². The molecule has 0 atom stereocenters. The van der Waals surface area contributed by atoms with Gasteiger partial charge in [0.1, 0.15) is 0 Å². The molecule has 23 heavy (non-hydrogen) atoms. The molecule has 0 amide bonds. The Labute approximate surface area is 144 Å². The van der Waals surface area contributed by atoms with E-state index >= 15 is 0 Å². The third kappa shape index (κ3) is 2.82. The van der Waals surface area contributed by atoms with Crippen molar-refractivity contribution < 1.29 is 0 Å². The van der Waals surface area contributed by atoms with Crippen molar-refractivity contribution in [2.45, 2.75) is 6.54 Å². The molecule has 3 aromatic carbocycles. The van der Waals surface area contributed by atoms with E-state index in [1.807, 2.05) is 0 Å². The molecule has 0 bridgehead atoms. The third-order valence-corrected chi connectivity index (χ3v) is 4.61. The predicted octanol–water partition coefficient (Wildman–Crippen LogP) is 6.12. The summed E-state index contributed by atoms with van der Waals surface area (Å²) in [6, 6.07) is 30.0. The largest absolute Gasteiger partial charge is 0.336 e. The van der Waals surface area contributed by atoms with Crippen molar-refractivity contribution in [2.24, 2.45) is 0 Å². The molecule has 1 heterocycles. The predicted molar refractivity (Wildman–Crippen MR) is 101 cm³/mol. The smallest absolute Gasteiger partial charge is 0.0494 e. The molecule has 0 unspecified atom stereocenters. The van der Waals surface area contributed by atoms with Crippen LogP contribution < -0.4 is 0 Å². The lowest BCUT2D eigenvalue weighted by molar-refractivity contribution is 0.845. The number of aromatic nitrogens is 1. The van der Waals surface area contributed by atoms with Crippen LogP contribution >= 0.6 is 15.9 Å². The molecule has 0 aliphatic rings. The van der Waals surface area contributed by atoms with Crippen LogP contribution in [0.3, 0.4) is 0 Å². The minimum atomic E-state index is 0.871. The summed E-state index contributed by atoms with van der Waals surface area (Å²) < 4.78 is 3.51. The van der Waals surface area contributed by atoms with Crippen molar-refractivity contribution >= 4 is 26.8 Å². The van der Waals surface area contributed by atoms with E-state index in [2.05, 4.69) is 105 Å². The Bertz CT molecular complexity index is 940. The van der Waals surface area contributed by atoms with Gasteiger partial charge in [0.2, 0.25) is 0 Å². The van der Waals surface area contributed by atoms with E-state index < -0.39 is 0 Å². The number of hydrogen-bond acceptors (Lipinski definition) is 0. The molecule has 2 heteroatoms. The first-order valence-corrected chi connectivity index (χ1v) is 8.49. The molecule has 0 fully saturated rings. The molecular weight excluding hydrogens is 346 g/mol. The zero-order valence-corrected chi connectivity index (χ0v) is 14.2. The highest BCUT2D eigenvalue weighted by molar-refractivity contribution is 9.10. The molecule has 0 aliphatic carbocycles. The summed E-state index contributed by atoms with van der Waals surface area (Å²) in [6.45, 7) is 0.871. The first-order chi connectivity index (χ1) is 11.3. The van der Waals surface area contributed by atoms with Crippen LogP contribution in [0, 0.1) is 0 Å². The number of rotatable bonds is 3. The Morgan fingerprint density at radius 2 is 1.43 bits per heavy atom. The molecule has 4 aromatic rings. The van der Waals surface area contributed by atoms with Crippen LogP contribution in [-0.2, 0) is 6.54 Å². The number of nitrogens with zero attached hydrogens (tertiary/aromatic N) is 1. The van der Waals surface area contributed by atoms with Crippen LogP contribution in [0.25, 0.3) is 22.2 Å². The quantitative estimate of drug-likeness (QED) is 0.414. The van der Waals surface area contributed by atoms with Gasteiger partial charge in [-0.25, -0.2) is 0 Å². The highest BCUT2D eigenvalue weighted by Crippen LogP contribution is 2.30. The normalized spacial score (nSPS) is 11.0. The summed E-state index contributed by atoms with van der Waals surface area (Å²) in [7, 11) is 0. The summed E-state index contributed by atoms with van der Waals surface area (Å²) in [6.07, 6.45) is 0. The summed E-state index contributed by atoms with van der Waals surface area (Å²) in [5.41, 5.74) is 5.07. The molecule has 0 saturated heterocycles. The number of halogens is 1. The van der Waals surface area contributed by atoms with Crippen molar-refractivity contribution in [3.8, 4) is 11.3 Å². The summed E-state index contributed by atoms with van der Waals surface area (Å²) in [5, 5.41) is 1.26. The Kier molecular flexibility index (Phi) is 3.76. The van der Waals surface area contributed by atoms with Gasteiger partial charge >= 0.3 is 0 Å². The Morgan fingerprint density at radius 1 is 0.739 bits per heavy atom. The molecule has 1 aromatic heterocycles. The van der Waals surface area contributed by atoms with E-state index in [0.29, 0.717) is 0 Å². The molecule has 4 rings (SSSR count). The minimum absolute atomic E-state index is 0.871. The van der Waals surface area contributed by atoms with Gasteiger partial charge in [-0.2, -0.15) is 0 Å². The second-order valence-corrected chi connectivity index (χ2v) is 6.59. The van der Waals surface area contributed by atoms with E-state index in [1.165, 1.54) is 27.7 Å². The van der Waals surface area contributed by atoms with Gasteiger partial charge in [0, 0.05) is 27.6 Å². The van der Waals surface area contributed by atoms with Crippen molar-refractivity contribution in [3.05, 3.63) is 95.0 Å². The van der Waals surface area contributed by atoms with Crippen molar-refractivity contribution in [1.82, 2.24) is 4.57 Å². The van der Waals surface area contributed by atoms with E-state index in [1.54, 1.807) is 0 Å². The Balaban J connectivity index is 1.92. The van der Waals surface area contributed by atoms with Crippen LogP contribution in [0.5, 0.6) is 0 Å². The van der Waals surface area contributed by atoms with Gasteiger partial charge in [-0.3, -0.25) is 0 Å². The number of benzene rings is 3. The first-order valence-electron chi connectivity index (χ1n) is 7.69. The van der Waals surface area contributed by atoms with Gasteiger partial charge in [-0.05, 0) is 35.4 Å². The zero-order valence-electron chi connectivity index (χ0n) is 12.6.